The number of hydrogen-bond acceptors (Lipinski definition) is 2. The Morgan fingerprint density at radius 1 is 1.25 bits per heavy atom. The number of hydrogen-bond donors (Lipinski definition) is 1. The highest BCUT2D eigenvalue weighted by atomic mass is 19.1. The number of halogens is 1. The predicted octanol–water partition coefficient (Wildman–Crippen LogP) is 5.81. The molecule has 1 unspecified atom stereocenters. The van der Waals surface area contributed by atoms with E-state index >= 15 is 0 Å². The highest BCUT2D eigenvalue weighted by molar-refractivity contribution is 5.77. The second-order valence-electron chi connectivity index (χ2n) is 8.23. The van der Waals surface area contributed by atoms with Crippen molar-refractivity contribution in [3.05, 3.63) is 59.1 Å². The average Bonchev–Trinajstić information content (AvgIpc) is 3.22. The standard InChI is InChI=1S/C24H32FNO2/c1-3-24(26-23(27)13-10-19-6-4-5-7-19)15-14-22(16-18(24)2)28-17-20-8-11-21(25)12-9-20/h8-9,11-12,14,16,19H,3-7,10,13,15,17H2,1-2H3,(H,26,27). The molecule has 0 spiro atoms. The molecule has 2 aliphatic carbocycles. The molecule has 0 saturated heterocycles. The molecule has 1 amide bonds. The van der Waals surface area contributed by atoms with Crippen LogP contribution in [-0.2, 0) is 16.1 Å². The summed E-state index contributed by atoms with van der Waals surface area (Å²) >= 11 is 0. The second kappa shape index (κ2) is 9.40. The first-order valence-electron chi connectivity index (χ1n) is 10.6. The van der Waals surface area contributed by atoms with E-state index in [0.717, 1.165) is 42.1 Å². The highest BCUT2D eigenvalue weighted by Gasteiger charge is 2.33. The minimum atomic E-state index is -0.310. The van der Waals surface area contributed by atoms with E-state index in [4.69, 9.17) is 4.74 Å². The lowest BCUT2D eigenvalue weighted by Gasteiger charge is -2.37. The third-order valence-corrected chi connectivity index (χ3v) is 6.32. The maximum absolute atomic E-state index is 13.0. The Balaban J connectivity index is 1.53. The maximum Gasteiger partial charge on any atom is 0.220 e. The van der Waals surface area contributed by atoms with Crippen LogP contribution < -0.4 is 5.32 Å². The van der Waals surface area contributed by atoms with Crippen molar-refractivity contribution in [1.82, 2.24) is 5.32 Å². The van der Waals surface area contributed by atoms with E-state index in [1.54, 1.807) is 12.1 Å². The van der Waals surface area contributed by atoms with E-state index in [0.29, 0.717) is 13.0 Å². The van der Waals surface area contributed by atoms with Gasteiger partial charge in [0.05, 0.1) is 5.54 Å². The molecule has 0 aromatic heterocycles. The monoisotopic (exact) mass is 385 g/mol. The molecule has 4 heteroatoms. The fourth-order valence-corrected chi connectivity index (χ4v) is 4.32. The fourth-order valence-electron chi connectivity index (χ4n) is 4.32. The Bertz CT molecular complexity index is 731. The molecular weight excluding hydrogens is 353 g/mol. The zero-order chi connectivity index (χ0) is 20.0. The molecule has 152 valence electrons. The van der Waals surface area contributed by atoms with Crippen LogP contribution >= 0.6 is 0 Å². The molecule has 3 rings (SSSR count). The van der Waals surface area contributed by atoms with E-state index in [-0.39, 0.29) is 17.3 Å². The van der Waals surface area contributed by atoms with E-state index in [1.807, 2.05) is 6.08 Å². The van der Waals surface area contributed by atoms with Gasteiger partial charge in [0.1, 0.15) is 18.2 Å². The van der Waals surface area contributed by atoms with Gasteiger partial charge in [0.2, 0.25) is 5.91 Å². The summed E-state index contributed by atoms with van der Waals surface area (Å²) in [5.41, 5.74) is 1.75. The van der Waals surface area contributed by atoms with Gasteiger partial charge in [-0.25, -0.2) is 4.39 Å². The van der Waals surface area contributed by atoms with Gasteiger partial charge in [0.25, 0.3) is 0 Å². The van der Waals surface area contributed by atoms with Gasteiger partial charge in [-0.2, -0.15) is 0 Å². The Kier molecular flexibility index (Phi) is 6.93. The zero-order valence-electron chi connectivity index (χ0n) is 17.1. The van der Waals surface area contributed by atoms with E-state index < -0.39 is 0 Å². The lowest BCUT2D eigenvalue weighted by molar-refractivity contribution is -0.123. The Hall–Kier alpha value is -2.10. The summed E-state index contributed by atoms with van der Waals surface area (Å²) in [6.07, 6.45) is 12.5. The van der Waals surface area contributed by atoms with Gasteiger partial charge in [-0.05, 0) is 67.5 Å². The topological polar surface area (TPSA) is 38.3 Å². The van der Waals surface area contributed by atoms with Crippen molar-refractivity contribution in [2.24, 2.45) is 5.92 Å². The smallest absolute Gasteiger partial charge is 0.220 e. The molecule has 2 aliphatic rings. The van der Waals surface area contributed by atoms with Crippen LogP contribution in [0.15, 0.2) is 47.7 Å². The van der Waals surface area contributed by atoms with Gasteiger partial charge >= 0.3 is 0 Å². The van der Waals surface area contributed by atoms with Crippen molar-refractivity contribution in [2.75, 3.05) is 0 Å². The molecule has 0 aliphatic heterocycles. The normalized spacial score (nSPS) is 22.5. The minimum Gasteiger partial charge on any atom is -0.489 e. The van der Waals surface area contributed by atoms with Crippen LogP contribution in [0.2, 0.25) is 0 Å². The number of allylic oxidation sites excluding steroid dienone is 1. The van der Waals surface area contributed by atoms with Crippen molar-refractivity contribution in [2.45, 2.75) is 77.4 Å². The number of amides is 1. The summed E-state index contributed by atoms with van der Waals surface area (Å²) in [4.78, 5) is 12.6. The zero-order valence-corrected chi connectivity index (χ0v) is 17.1. The number of carbonyl (C=O) groups excluding carboxylic acids is 1. The summed E-state index contributed by atoms with van der Waals surface area (Å²) in [6, 6.07) is 6.35. The number of rotatable bonds is 8. The fraction of sp³-hybridized carbons (Fsp3) is 0.542. The van der Waals surface area contributed by atoms with Crippen molar-refractivity contribution in [3.8, 4) is 0 Å². The molecule has 28 heavy (non-hydrogen) atoms. The second-order valence-corrected chi connectivity index (χ2v) is 8.23. The van der Waals surface area contributed by atoms with E-state index in [9.17, 15) is 9.18 Å². The molecule has 1 saturated carbocycles. The summed E-state index contributed by atoms with van der Waals surface area (Å²) in [6.45, 7) is 4.59. The van der Waals surface area contributed by atoms with Crippen molar-refractivity contribution < 1.29 is 13.9 Å². The van der Waals surface area contributed by atoms with Gasteiger partial charge in [0, 0.05) is 6.42 Å². The van der Waals surface area contributed by atoms with E-state index in [2.05, 4.69) is 25.2 Å². The Morgan fingerprint density at radius 3 is 2.61 bits per heavy atom. The van der Waals surface area contributed by atoms with E-state index in [1.165, 1.54) is 37.8 Å². The van der Waals surface area contributed by atoms with Crippen LogP contribution in [-0.4, -0.2) is 11.4 Å². The van der Waals surface area contributed by atoms with Gasteiger partial charge in [-0.3, -0.25) is 4.79 Å². The SMILES string of the molecule is CCC1(NC(=O)CCC2CCCC2)CC=C(OCc2ccc(F)cc2)C=C1C. The molecule has 0 heterocycles. The number of benzene rings is 1. The average molecular weight is 386 g/mol. The molecule has 1 aromatic rings. The summed E-state index contributed by atoms with van der Waals surface area (Å²) in [7, 11) is 0. The third-order valence-electron chi connectivity index (χ3n) is 6.32. The first kappa shape index (κ1) is 20.6. The molecule has 1 N–H and O–H groups in total. The van der Waals surface area contributed by atoms with Crippen LogP contribution in [0.1, 0.15) is 70.8 Å². The minimum absolute atomic E-state index is 0.158. The van der Waals surface area contributed by atoms with Gasteiger partial charge < -0.3 is 10.1 Å². The van der Waals surface area contributed by atoms with Crippen LogP contribution in [0, 0.1) is 11.7 Å². The molecule has 3 nitrogen and oxygen atoms in total. The first-order valence-corrected chi connectivity index (χ1v) is 10.6. The summed E-state index contributed by atoms with van der Waals surface area (Å²) in [5, 5.41) is 3.31. The van der Waals surface area contributed by atoms with Crippen LogP contribution in [0.3, 0.4) is 0 Å². The van der Waals surface area contributed by atoms with Gasteiger partial charge in [0.15, 0.2) is 0 Å². The largest absolute Gasteiger partial charge is 0.489 e. The Labute approximate surface area is 168 Å². The molecule has 1 aromatic carbocycles. The molecule has 0 radical (unpaired) electrons. The van der Waals surface area contributed by atoms with Gasteiger partial charge in [-0.1, -0.05) is 44.7 Å². The van der Waals surface area contributed by atoms with Crippen molar-refractivity contribution in [3.63, 3.8) is 0 Å². The summed E-state index contributed by atoms with van der Waals surface area (Å²) in [5.74, 6) is 1.46. The van der Waals surface area contributed by atoms with Crippen LogP contribution in [0.5, 0.6) is 0 Å². The molecule has 1 atom stereocenters. The number of nitrogens with one attached hydrogen (secondary N) is 1. The maximum atomic E-state index is 13.0. The molecule has 1 fully saturated rings. The van der Waals surface area contributed by atoms with Gasteiger partial charge in [-0.15, -0.1) is 0 Å². The third kappa shape index (κ3) is 5.24. The quantitative estimate of drug-likeness (QED) is 0.613. The number of ether oxygens (including phenoxy) is 1. The molecular formula is C24H32FNO2. The molecule has 0 bridgehead atoms. The van der Waals surface area contributed by atoms with Crippen molar-refractivity contribution >= 4 is 5.91 Å². The predicted molar refractivity (Wildman–Crippen MR) is 110 cm³/mol. The first-order chi connectivity index (χ1) is 13.5. The Morgan fingerprint density at radius 2 is 1.96 bits per heavy atom. The number of carbonyl (C=O) groups is 1. The highest BCUT2D eigenvalue weighted by Crippen LogP contribution is 2.33. The lowest BCUT2D eigenvalue weighted by Crippen LogP contribution is -2.49. The van der Waals surface area contributed by atoms with Crippen LogP contribution in [0.4, 0.5) is 4.39 Å². The van der Waals surface area contributed by atoms with Crippen LogP contribution in [0.25, 0.3) is 0 Å². The summed E-state index contributed by atoms with van der Waals surface area (Å²) < 4.78 is 18.9. The van der Waals surface area contributed by atoms with Crippen molar-refractivity contribution in [1.29, 1.82) is 0 Å². The lowest BCUT2D eigenvalue weighted by atomic mass is 9.81.